The van der Waals surface area contributed by atoms with Gasteiger partial charge < -0.3 is 15.2 Å². The smallest absolute Gasteiger partial charge is 0.315 e. The van der Waals surface area contributed by atoms with Gasteiger partial charge in [-0.2, -0.15) is 5.10 Å². The molecule has 0 saturated heterocycles. The maximum Gasteiger partial charge on any atom is 0.315 e. The summed E-state index contributed by atoms with van der Waals surface area (Å²) in [6.07, 6.45) is 4.86. The van der Waals surface area contributed by atoms with Gasteiger partial charge in [0.05, 0.1) is 24.9 Å². The lowest BCUT2D eigenvalue weighted by Gasteiger charge is -2.11. The summed E-state index contributed by atoms with van der Waals surface area (Å²) in [6, 6.07) is 2.96. The molecule has 1 aromatic rings. The molecule has 0 radical (unpaired) electrons. The quantitative estimate of drug-likeness (QED) is 0.256. The van der Waals surface area contributed by atoms with Crippen molar-refractivity contribution in [3.63, 3.8) is 0 Å². The first kappa shape index (κ1) is 18.8. The minimum Gasteiger partial charge on any atom is -0.493 e. The summed E-state index contributed by atoms with van der Waals surface area (Å²) < 4.78 is 10.7. The summed E-state index contributed by atoms with van der Waals surface area (Å²) in [4.78, 5) is 10.8. The highest BCUT2D eigenvalue weighted by molar-refractivity contribution is 8.13. The van der Waals surface area contributed by atoms with Crippen molar-refractivity contribution in [2.75, 3.05) is 20.0 Å². The molecule has 0 bridgehead atoms. The Morgan fingerprint density at radius 3 is 2.83 bits per heavy atom. The van der Waals surface area contributed by atoms with Crippen molar-refractivity contribution in [1.29, 1.82) is 0 Å². The van der Waals surface area contributed by atoms with Crippen molar-refractivity contribution >= 4 is 28.8 Å². The number of nitro benzene ring substituents is 1. The summed E-state index contributed by atoms with van der Waals surface area (Å²) in [5.74, 6) is 0.397. The van der Waals surface area contributed by atoms with Crippen LogP contribution in [0.4, 0.5) is 5.69 Å². The number of nitrogens with zero attached hydrogens (tertiary/aromatic N) is 3. The predicted octanol–water partition coefficient (Wildman–Crippen LogP) is 2.79. The lowest BCUT2D eigenvalue weighted by Crippen LogP contribution is -2.04. The van der Waals surface area contributed by atoms with Crippen LogP contribution in [0.2, 0.25) is 0 Å². The Morgan fingerprint density at radius 2 is 2.26 bits per heavy atom. The fourth-order valence-electron chi connectivity index (χ4n) is 1.63. The lowest BCUT2D eigenvalue weighted by molar-refractivity contribution is -0.386. The van der Waals surface area contributed by atoms with Crippen molar-refractivity contribution in [3.8, 4) is 11.5 Å². The van der Waals surface area contributed by atoms with E-state index in [0.717, 1.165) is 12.8 Å². The summed E-state index contributed by atoms with van der Waals surface area (Å²) >= 11 is 1.25. The fraction of sp³-hybridized carbons (Fsp3) is 0.429. The number of unbranched alkanes of at least 4 members (excludes halogenated alkanes) is 1. The first-order valence-electron chi connectivity index (χ1n) is 6.93. The number of nitrogens with two attached hydrogens (primary N) is 1. The van der Waals surface area contributed by atoms with Crippen LogP contribution in [-0.2, 0) is 0 Å². The van der Waals surface area contributed by atoms with Crippen LogP contribution >= 0.6 is 11.8 Å². The van der Waals surface area contributed by atoms with Gasteiger partial charge in [-0.15, -0.1) is 5.10 Å². The third-order valence-corrected chi connectivity index (χ3v) is 3.29. The van der Waals surface area contributed by atoms with E-state index in [4.69, 9.17) is 15.2 Å². The molecule has 126 valence electrons. The molecule has 0 aliphatic rings. The molecule has 23 heavy (non-hydrogen) atoms. The minimum atomic E-state index is -0.513. The third kappa shape index (κ3) is 5.78. The third-order valence-electron chi connectivity index (χ3n) is 2.79. The van der Waals surface area contributed by atoms with Gasteiger partial charge in [-0.25, -0.2) is 0 Å². The maximum atomic E-state index is 11.3. The molecule has 0 aliphatic heterocycles. The standard InChI is InChI=1S/C14H20N4O4S/c1-4-5-6-22-13-11(18(19)20)7-10(8-12(13)21-2)9-16-17-14(15)23-3/h7-9H,4-6H2,1-3H3,(H2,15,17)/b16-9-. The minimum absolute atomic E-state index is 0.121. The van der Waals surface area contributed by atoms with Crippen LogP contribution in [0.3, 0.4) is 0 Å². The number of amidine groups is 1. The van der Waals surface area contributed by atoms with E-state index in [1.165, 1.54) is 31.2 Å². The maximum absolute atomic E-state index is 11.3. The Hall–Kier alpha value is -2.29. The molecule has 0 atom stereocenters. The van der Waals surface area contributed by atoms with Gasteiger partial charge in [0.2, 0.25) is 5.75 Å². The predicted molar refractivity (Wildman–Crippen MR) is 92.8 cm³/mol. The molecule has 1 aromatic carbocycles. The second-order valence-corrected chi connectivity index (χ2v) is 5.24. The number of nitro groups is 1. The molecule has 1 rings (SSSR count). The van der Waals surface area contributed by atoms with Gasteiger partial charge in [-0.3, -0.25) is 10.1 Å². The Bertz CT molecular complexity index is 605. The molecule has 0 fully saturated rings. The number of methoxy groups -OCH3 is 1. The van der Waals surface area contributed by atoms with E-state index < -0.39 is 4.92 Å². The summed E-state index contributed by atoms with van der Waals surface area (Å²) in [7, 11) is 1.43. The second-order valence-electron chi connectivity index (χ2n) is 4.42. The summed E-state index contributed by atoms with van der Waals surface area (Å²) in [5, 5.41) is 19.1. The zero-order chi connectivity index (χ0) is 17.2. The molecule has 0 saturated carbocycles. The number of benzene rings is 1. The van der Waals surface area contributed by atoms with E-state index in [1.54, 1.807) is 12.3 Å². The molecule has 0 amide bonds. The van der Waals surface area contributed by atoms with Crippen LogP contribution in [-0.4, -0.2) is 36.3 Å². The molecule has 0 spiro atoms. The number of ether oxygens (including phenoxy) is 2. The molecular weight excluding hydrogens is 320 g/mol. The molecular formula is C14H20N4O4S. The van der Waals surface area contributed by atoms with Crippen LogP contribution in [0, 0.1) is 10.1 Å². The Morgan fingerprint density at radius 1 is 1.52 bits per heavy atom. The van der Waals surface area contributed by atoms with Gasteiger partial charge in [0.15, 0.2) is 10.9 Å². The topological polar surface area (TPSA) is 112 Å². The van der Waals surface area contributed by atoms with Gasteiger partial charge in [-0.1, -0.05) is 25.1 Å². The fourth-order valence-corrected chi connectivity index (χ4v) is 1.76. The molecule has 2 N–H and O–H groups in total. The Labute approximate surface area is 138 Å². The summed E-state index contributed by atoms with van der Waals surface area (Å²) in [6.45, 7) is 2.39. The first-order chi connectivity index (χ1) is 11.0. The van der Waals surface area contributed by atoms with Gasteiger partial charge in [-0.05, 0) is 18.7 Å². The monoisotopic (exact) mass is 340 g/mol. The highest BCUT2D eigenvalue weighted by Gasteiger charge is 2.21. The van der Waals surface area contributed by atoms with Crippen molar-refractivity contribution in [2.45, 2.75) is 19.8 Å². The van der Waals surface area contributed by atoms with Crippen molar-refractivity contribution in [2.24, 2.45) is 15.9 Å². The molecule has 8 nitrogen and oxygen atoms in total. The van der Waals surface area contributed by atoms with Crippen molar-refractivity contribution in [3.05, 3.63) is 27.8 Å². The van der Waals surface area contributed by atoms with Crippen LogP contribution in [0.5, 0.6) is 11.5 Å². The normalized spacial score (nSPS) is 11.7. The van der Waals surface area contributed by atoms with E-state index in [2.05, 4.69) is 10.2 Å². The van der Waals surface area contributed by atoms with Crippen LogP contribution in [0.1, 0.15) is 25.3 Å². The van der Waals surface area contributed by atoms with Gasteiger partial charge in [0.1, 0.15) is 0 Å². The van der Waals surface area contributed by atoms with E-state index >= 15 is 0 Å². The van der Waals surface area contributed by atoms with Crippen LogP contribution < -0.4 is 15.2 Å². The molecule has 0 unspecified atom stereocenters. The first-order valence-corrected chi connectivity index (χ1v) is 8.15. The van der Waals surface area contributed by atoms with E-state index in [-0.39, 0.29) is 17.2 Å². The van der Waals surface area contributed by atoms with Gasteiger partial charge in [0, 0.05) is 11.6 Å². The van der Waals surface area contributed by atoms with Crippen LogP contribution in [0.25, 0.3) is 0 Å². The second kappa shape index (κ2) is 9.67. The highest BCUT2D eigenvalue weighted by Crippen LogP contribution is 2.38. The SMILES string of the molecule is CCCCOc1c(OC)cc(/C=N\N=C(/N)SC)cc1[N+](=O)[O-]. The van der Waals surface area contributed by atoms with E-state index in [1.807, 2.05) is 6.92 Å². The Balaban J connectivity index is 3.16. The van der Waals surface area contributed by atoms with Crippen molar-refractivity contribution in [1.82, 2.24) is 0 Å². The zero-order valence-electron chi connectivity index (χ0n) is 13.3. The average Bonchev–Trinajstić information content (AvgIpc) is 2.55. The van der Waals surface area contributed by atoms with E-state index in [9.17, 15) is 10.1 Å². The van der Waals surface area contributed by atoms with Crippen molar-refractivity contribution < 1.29 is 14.4 Å². The van der Waals surface area contributed by atoms with Gasteiger partial charge >= 0.3 is 5.69 Å². The molecule has 0 aliphatic carbocycles. The molecule has 9 heteroatoms. The average molecular weight is 340 g/mol. The Kier molecular flexibility index (Phi) is 7.89. The summed E-state index contributed by atoms with van der Waals surface area (Å²) in [5.41, 5.74) is 5.80. The molecule has 0 aromatic heterocycles. The molecule has 0 heterocycles. The van der Waals surface area contributed by atoms with Gasteiger partial charge in [0.25, 0.3) is 0 Å². The highest BCUT2D eigenvalue weighted by atomic mass is 32.2. The number of hydrogen-bond acceptors (Lipinski definition) is 7. The van der Waals surface area contributed by atoms with Crippen LogP contribution in [0.15, 0.2) is 22.3 Å². The number of thioether (sulfide) groups is 1. The number of rotatable bonds is 8. The van der Waals surface area contributed by atoms with E-state index in [0.29, 0.717) is 17.3 Å². The lowest BCUT2D eigenvalue weighted by atomic mass is 10.2. The zero-order valence-corrected chi connectivity index (χ0v) is 14.1. The largest absolute Gasteiger partial charge is 0.493 e. The number of hydrogen-bond donors (Lipinski definition) is 1.